The molecule has 1 rings (SSSR count). The second-order valence-corrected chi connectivity index (χ2v) is 3.90. The Bertz CT molecular complexity index is 319. The number of carbonyl (C=O) groups is 1. The summed E-state index contributed by atoms with van der Waals surface area (Å²) in [6, 6.07) is 7.58. The monoisotopic (exact) mass is 221 g/mol. The highest BCUT2D eigenvalue weighted by Gasteiger charge is 1.99. The van der Waals surface area contributed by atoms with Crippen LogP contribution < -0.4 is 5.32 Å². The normalized spacial score (nSPS) is 10.1. The summed E-state index contributed by atoms with van der Waals surface area (Å²) in [5.74, 6) is -0.788. The fourth-order valence-electron chi connectivity index (χ4n) is 1.52. The summed E-state index contributed by atoms with van der Waals surface area (Å²) < 4.78 is 0. The predicted octanol–water partition coefficient (Wildman–Crippen LogP) is 2.92. The molecule has 3 heteroatoms. The van der Waals surface area contributed by atoms with Gasteiger partial charge >= 0.3 is 5.97 Å². The van der Waals surface area contributed by atoms with E-state index in [1.54, 1.807) is 0 Å². The predicted molar refractivity (Wildman–Crippen MR) is 65.8 cm³/mol. The quantitative estimate of drug-likeness (QED) is 0.696. The van der Waals surface area contributed by atoms with Crippen LogP contribution in [0, 0.1) is 0 Å². The van der Waals surface area contributed by atoms with E-state index >= 15 is 0 Å². The highest BCUT2D eigenvalue weighted by Crippen LogP contribution is 2.10. The van der Waals surface area contributed by atoms with E-state index in [1.165, 1.54) is 19.3 Å². The molecule has 16 heavy (non-hydrogen) atoms. The Morgan fingerprint density at radius 1 is 1.25 bits per heavy atom. The van der Waals surface area contributed by atoms with Gasteiger partial charge in [0.05, 0.1) is 6.42 Å². The van der Waals surface area contributed by atoms with E-state index in [2.05, 4.69) is 12.2 Å². The molecule has 0 radical (unpaired) electrons. The molecular formula is C13H19NO2. The molecule has 0 aromatic heterocycles. The second kappa shape index (κ2) is 6.88. The van der Waals surface area contributed by atoms with E-state index in [9.17, 15) is 4.79 Å². The largest absolute Gasteiger partial charge is 0.481 e. The Kier molecular flexibility index (Phi) is 5.40. The van der Waals surface area contributed by atoms with Crippen LogP contribution in [0.15, 0.2) is 24.3 Å². The molecule has 0 fully saturated rings. The van der Waals surface area contributed by atoms with E-state index in [-0.39, 0.29) is 6.42 Å². The molecule has 0 unspecified atom stereocenters. The molecule has 0 bridgehead atoms. The van der Waals surface area contributed by atoms with E-state index < -0.39 is 5.97 Å². The van der Waals surface area contributed by atoms with Crippen LogP contribution in [0.5, 0.6) is 0 Å². The number of nitrogens with one attached hydrogen (secondary N) is 1. The van der Waals surface area contributed by atoms with Gasteiger partial charge in [0.15, 0.2) is 0 Å². The zero-order chi connectivity index (χ0) is 11.8. The topological polar surface area (TPSA) is 49.3 Å². The van der Waals surface area contributed by atoms with E-state index in [0.717, 1.165) is 17.8 Å². The average molecular weight is 221 g/mol. The summed E-state index contributed by atoms with van der Waals surface area (Å²) in [5, 5.41) is 11.9. The minimum Gasteiger partial charge on any atom is -0.481 e. The van der Waals surface area contributed by atoms with Crippen molar-refractivity contribution in [3.8, 4) is 0 Å². The number of rotatable bonds is 7. The fraction of sp³-hybridized carbons (Fsp3) is 0.462. The summed E-state index contributed by atoms with van der Waals surface area (Å²) in [4.78, 5) is 10.5. The third-order valence-electron chi connectivity index (χ3n) is 2.42. The first-order valence-electron chi connectivity index (χ1n) is 5.77. The van der Waals surface area contributed by atoms with Crippen LogP contribution >= 0.6 is 0 Å². The summed E-state index contributed by atoms with van der Waals surface area (Å²) in [7, 11) is 0. The van der Waals surface area contributed by atoms with Crippen LogP contribution in [0.25, 0.3) is 0 Å². The lowest BCUT2D eigenvalue weighted by molar-refractivity contribution is -0.136. The minimum absolute atomic E-state index is 0.0934. The number of benzene rings is 1. The first kappa shape index (κ1) is 12.6. The van der Waals surface area contributed by atoms with Crippen LogP contribution in [-0.2, 0) is 11.2 Å². The molecule has 1 aromatic carbocycles. The average Bonchev–Trinajstić information content (AvgIpc) is 2.26. The summed E-state index contributed by atoms with van der Waals surface area (Å²) in [6.45, 7) is 3.16. The molecule has 3 nitrogen and oxygen atoms in total. The Labute approximate surface area is 96.5 Å². The van der Waals surface area contributed by atoms with Gasteiger partial charge in [-0.2, -0.15) is 0 Å². The standard InChI is InChI=1S/C13H19NO2/c1-2-3-4-9-14-12-7-5-11(6-8-12)10-13(15)16/h5-8,14H,2-4,9-10H2,1H3,(H,15,16). The first-order valence-corrected chi connectivity index (χ1v) is 5.77. The Hall–Kier alpha value is -1.51. The fourth-order valence-corrected chi connectivity index (χ4v) is 1.52. The van der Waals surface area contributed by atoms with Gasteiger partial charge in [0, 0.05) is 12.2 Å². The summed E-state index contributed by atoms with van der Waals surface area (Å²) in [5.41, 5.74) is 1.90. The zero-order valence-corrected chi connectivity index (χ0v) is 9.70. The number of aliphatic carboxylic acids is 1. The number of anilines is 1. The SMILES string of the molecule is CCCCCNc1ccc(CC(=O)O)cc1. The maximum Gasteiger partial charge on any atom is 0.307 e. The molecule has 2 N–H and O–H groups in total. The summed E-state index contributed by atoms with van der Waals surface area (Å²) in [6.07, 6.45) is 3.73. The third-order valence-corrected chi connectivity index (χ3v) is 2.42. The molecule has 0 aliphatic rings. The Balaban J connectivity index is 2.36. The van der Waals surface area contributed by atoms with Crippen LogP contribution in [0.2, 0.25) is 0 Å². The van der Waals surface area contributed by atoms with Crippen molar-refractivity contribution < 1.29 is 9.90 Å². The first-order chi connectivity index (χ1) is 7.72. The van der Waals surface area contributed by atoms with Crippen molar-refractivity contribution in [3.63, 3.8) is 0 Å². The molecule has 0 aliphatic heterocycles. The third kappa shape index (κ3) is 4.82. The van der Waals surface area contributed by atoms with Crippen molar-refractivity contribution in [2.75, 3.05) is 11.9 Å². The van der Waals surface area contributed by atoms with Crippen molar-refractivity contribution >= 4 is 11.7 Å². The number of carboxylic acids is 1. The van der Waals surface area contributed by atoms with Crippen molar-refractivity contribution in [1.82, 2.24) is 0 Å². The molecule has 0 saturated heterocycles. The molecule has 1 aromatic rings. The number of hydrogen-bond acceptors (Lipinski definition) is 2. The van der Waals surface area contributed by atoms with Gasteiger partial charge in [-0.25, -0.2) is 0 Å². The van der Waals surface area contributed by atoms with Gasteiger partial charge in [-0.05, 0) is 24.1 Å². The lowest BCUT2D eigenvalue weighted by Gasteiger charge is -2.06. The molecule has 0 aliphatic carbocycles. The second-order valence-electron chi connectivity index (χ2n) is 3.90. The number of unbranched alkanes of at least 4 members (excludes halogenated alkanes) is 2. The Morgan fingerprint density at radius 2 is 1.94 bits per heavy atom. The Morgan fingerprint density at radius 3 is 2.50 bits per heavy atom. The smallest absolute Gasteiger partial charge is 0.307 e. The van der Waals surface area contributed by atoms with E-state index in [1.807, 2.05) is 24.3 Å². The van der Waals surface area contributed by atoms with Gasteiger partial charge in [-0.3, -0.25) is 4.79 Å². The van der Waals surface area contributed by atoms with Crippen molar-refractivity contribution in [2.45, 2.75) is 32.6 Å². The molecule has 0 atom stereocenters. The lowest BCUT2D eigenvalue weighted by Crippen LogP contribution is -2.02. The van der Waals surface area contributed by atoms with Crippen molar-refractivity contribution in [2.24, 2.45) is 0 Å². The molecular weight excluding hydrogens is 202 g/mol. The minimum atomic E-state index is -0.788. The number of hydrogen-bond donors (Lipinski definition) is 2. The molecule has 0 saturated carbocycles. The molecule has 0 spiro atoms. The van der Waals surface area contributed by atoms with Gasteiger partial charge in [-0.1, -0.05) is 31.9 Å². The molecule has 0 heterocycles. The summed E-state index contributed by atoms with van der Waals surface area (Å²) >= 11 is 0. The molecule has 88 valence electrons. The van der Waals surface area contributed by atoms with Gasteiger partial charge in [-0.15, -0.1) is 0 Å². The highest BCUT2D eigenvalue weighted by atomic mass is 16.4. The van der Waals surface area contributed by atoms with Crippen LogP contribution in [0.4, 0.5) is 5.69 Å². The van der Waals surface area contributed by atoms with Crippen molar-refractivity contribution in [3.05, 3.63) is 29.8 Å². The van der Waals surface area contributed by atoms with E-state index in [4.69, 9.17) is 5.11 Å². The van der Waals surface area contributed by atoms with E-state index in [0.29, 0.717) is 0 Å². The lowest BCUT2D eigenvalue weighted by atomic mass is 10.1. The maximum atomic E-state index is 10.5. The zero-order valence-electron chi connectivity index (χ0n) is 9.70. The maximum absolute atomic E-state index is 10.5. The van der Waals surface area contributed by atoms with Crippen LogP contribution in [0.1, 0.15) is 31.7 Å². The van der Waals surface area contributed by atoms with Crippen molar-refractivity contribution in [1.29, 1.82) is 0 Å². The van der Waals surface area contributed by atoms with Gasteiger partial charge in [0.2, 0.25) is 0 Å². The van der Waals surface area contributed by atoms with Crippen LogP contribution in [0.3, 0.4) is 0 Å². The van der Waals surface area contributed by atoms with Gasteiger partial charge in [0.1, 0.15) is 0 Å². The van der Waals surface area contributed by atoms with Gasteiger partial charge in [0.25, 0.3) is 0 Å². The number of carboxylic acid groups (broad SMARTS) is 1. The van der Waals surface area contributed by atoms with Crippen LogP contribution in [-0.4, -0.2) is 17.6 Å². The molecule has 0 amide bonds. The highest BCUT2D eigenvalue weighted by molar-refractivity contribution is 5.70. The van der Waals surface area contributed by atoms with Gasteiger partial charge < -0.3 is 10.4 Å².